The average Bonchev–Trinajstić information content (AvgIpc) is 3.22. The van der Waals surface area contributed by atoms with E-state index in [0.29, 0.717) is 24.4 Å². The third kappa shape index (κ3) is 4.50. The van der Waals surface area contributed by atoms with E-state index in [4.69, 9.17) is 0 Å². The van der Waals surface area contributed by atoms with Crippen LogP contribution in [0.4, 0.5) is 16.2 Å². The maximum atomic E-state index is 12.0. The first kappa shape index (κ1) is 17.3. The van der Waals surface area contributed by atoms with Crippen molar-refractivity contribution in [2.45, 2.75) is 30.8 Å². The average molecular weight is 360 g/mol. The maximum Gasteiger partial charge on any atom is 0.319 e. The molecule has 3 N–H and O–H groups in total. The Morgan fingerprint density at radius 3 is 3.08 bits per heavy atom. The minimum atomic E-state index is -0.279. The molecule has 0 aliphatic carbocycles. The highest BCUT2D eigenvalue weighted by Crippen LogP contribution is 2.28. The third-order valence-electron chi connectivity index (χ3n) is 3.90. The van der Waals surface area contributed by atoms with Gasteiger partial charge in [0, 0.05) is 36.1 Å². The van der Waals surface area contributed by atoms with Crippen molar-refractivity contribution < 1.29 is 9.59 Å². The summed E-state index contributed by atoms with van der Waals surface area (Å²) in [6.45, 7) is 2.54. The molecule has 1 aromatic carbocycles. The van der Waals surface area contributed by atoms with Crippen LogP contribution in [0.2, 0.25) is 0 Å². The van der Waals surface area contributed by atoms with Crippen LogP contribution in [-0.4, -0.2) is 45.7 Å². The Balaban J connectivity index is 1.49. The number of anilines is 2. The summed E-state index contributed by atoms with van der Waals surface area (Å²) in [5, 5.41) is 16.6. The van der Waals surface area contributed by atoms with Crippen molar-refractivity contribution >= 4 is 35.1 Å². The lowest BCUT2D eigenvalue weighted by molar-refractivity contribution is -0.117. The molecule has 0 radical (unpaired) electrons. The van der Waals surface area contributed by atoms with Crippen LogP contribution in [-0.2, 0) is 4.79 Å². The zero-order valence-corrected chi connectivity index (χ0v) is 14.7. The van der Waals surface area contributed by atoms with Crippen LogP contribution in [0.1, 0.15) is 19.8 Å². The van der Waals surface area contributed by atoms with Gasteiger partial charge in [0.15, 0.2) is 0 Å². The van der Waals surface area contributed by atoms with E-state index in [1.165, 1.54) is 11.8 Å². The topological polar surface area (TPSA) is 103 Å². The predicted molar refractivity (Wildman–Crippen MR) is 96.8 cm³/mol. The van der Waals surface area contributed by atoms with E-state index in [0.717, 1.165) is 17.1 Å². The molecule has 25 heavy (non-hydrogen) atoms. The first-order chi connectivity index (χ1) is 12.1. The first-order valence-corrected chi connectivity index (χ1v) is 9.07. The van der Waals surface area contributed by atoms with Gasteiger partial charge in [-0.3, -0.25) is 4.79 Å². The largest absolute Gasteiger partial charge is 0.337 e. The molecule has 0 spiro atoms. The molecule has 9 heteroatoms. The monoisotopic (exact) mass is 360 g/mol. The van der Waals surface area contributed by atoms with Crippen LogP contribution in [0.3, 0.4) is 0 Å². The summed E-state index contributed by atoms with van der Waals surface area (Å²) in [6.07, 6.45) is 3.07. The Labute approximate surface area is 149 Å². The second kappa shape index (κ2) is 8.02. The highest BCUT2D eigenvalue weighted by molar-refractivity contribution is 7.99. The van der Waals surface area contributed by atoms with Gasteiger partial charge in [0.05, 0.1) is 6.20 Å². The first-order valence-electron chi connectivity index (χ1n) is 8.09. The number of hydrogen-bond donors (Lipinski definition) is 3. The number of nitrogens with one attached hydrogen (secondary N) is 3. The molecule has 2 aromatic rings. The molecular weight excluding hydrogens is 340 g/mol. The summed E-state index contributed by atoms with van der Waals surface area (Å²) in [6, 6.07) is 7.26. The van der Waals surface area contributed by atoms with Gasteiger partial charge in [-0.25, -0.2) is 4.79 Å². The van der Waals surface area contributed by atoms with E-state index in [1.807, 2.05) is 25.1 Å². The second-order valence-corrected chi connectivity index (χ2v) is 6.85. The third-order valence-corrected chi connectivity index (χ3v) is 4.80. The van der Waals surface area contributed by atoms with Gasteiger partial charge in [0.25, 0.3) is 0 Å². The van der Waals surface area contributed by atoms with Gasteiger partial charge in [-0.1, -0.05) is 6.07 Å². The quantitative estimate of drug-likeness (QED) is 0.541. The van der Waals surface area contributed by atoms with E-state index >= 15 is 0 Å². The minimum Gasteiger partial charge on any atom is -0.337 e. The number of thioether (sulfide) groups is 1. The molecule has 1 aromatic heterocycles. The molecule has 2 heterocycles. The van der Waals surface area contributed by atoms with Crippen LogP contribution < -0.4 is 15.5 Å². The summed E-state index contributed by atoms with van der Waals surface area (Å²) < 4.78 is 0. The van der Waals surface area contributed by atoms with E-state index in [2.05, 4.69) is 26.0 Å². The molecular formula is C16H20N6O2S. The normalized spacial score (nSPS) is 16.9. The predicted octanol–water partition coefficient (Wildman–Crippen LogP) is 2.23. The Hall–Kier alpha value is -2.55. The lowest BCUT2D eigenvalue weighted by Gasteiger charge is -2.22. The zero-order chi connectivity index (χ0) is 17.6. The van der Waals surface area contributed by atoms with Gasteiger partial charge < -0.3 is 15.5 Å². The number of rotatable bonds is 6. The molecule has 132 valence electrons. The van der Waals surface area contributed by atoms with Gasteiger partial charge in [0.1, 0.15) is 5.03 Å². The summed E-state index contributed by atoms with van der Waals surface area (Å²) in [5.74, 6) is 0.818. The molecule has 0 unspecified atom stereocenters. The Kier molecular flexibility index (Phi) is 5.54. The number of urea groups is 1. The summed E-state index contributed by atoms with van der Waals surface area (Å²) in [4.78, 5) is 25.8. The summed E-state index contributed by atoms with van der Waals surface area (Å²) in [7, 11) is 0. The van der Waals surface area contributed by atoms with E-state index in [9.17, 15) is 9.59 Å². The maximum absolute atomic E-state index is 12.0. The zero-order valence-electron chi connectivity index (χ0n) is 13.9. The number of carbonyl (C=O) groups excluding carboxylic acids is 2. The SMILES string of the molecule is C[C@@H]1CCC(=O)N1c1cccc(NC(=O)NCCSc2cn[nH]n2)c1. The summed E-state index contributed by atoms with van der Waals surface area (Å²) in [5.41, 5.74) is 1.47. The van der Waals surface area contributed by atoms with Gasteiger partial charge >= 0.3 is 6.03 Å². The van der Waals surface area contributed by atoms with Gasteiger partial charge in [-0.15, -0.1) is 16.9 Å². The number of hydrogen-bond acceptors (Lipinski definition) is 5. The molecule has 1 saturated heterocycles. The highest BCUT2D eigenvalue weighted by Gasteiger charge is 2.28. The van der Waals surface area contributed by atoms with Crippen molar-refractivity contribution in [3.05, 3.63) is 30.5 Å². The molecule has 1 atom stereocenters. The second-order valence-electron chi connectivity index (χ2n) is 5.74. The molecule has 1 aliphatic rings. The highest BCUT2D eigenvalue weighted by atomic mass is 32.2. The number of H-pyrrole nitrogens is 1. The molecule has 1 aliphatic heterocycles. The Morgan fingerprint density at radius 1 is 1.48 bits per heavy atom. The van der Waals surface area contributed by atoms with Gasteiger partial charge in [0.2, 0.25) is 5.91 Å². The van der Waals surface area contributed by atoms with Gasteiger partial charge in [-0.05, 0) is 31.5 Å². The van der Waals surface area contributed by atoms with Crippen molar-refractivity contribution in [1.82, 2.24) is 20.7 Å². The standard InChI is InChI=1S/C16H20N6O2S/c1-11-5-6-15(23)22(11)13-4-2-3-12(9-13)19-16(24)17-7-8-25-14-10-18-21-20-14/h2-4,9-11H,5-8H2,1H3,(H2,17,19,24)(H,18,20,21)/t11-/m1/s1. The molecule has 1 fully saturated rings. The van der Waals surface area contributed by atoms with E-state index in [1.54, 1.807) is 17.2 Å². The molecule has 3 rings (SSSR count). The van der Waals surface area contributed by atoms with Crippen molar-refractivity contribution in [1.29, 1.82) is 0 Å². The lowest BCUT2D eigenvalue weighted by Crippen LogP contribution is -2.32. The van der Waals surface area contributed by atoms with E-state index < -0.39 is 0 Å². The molecule has 3 amide bonds. The number of carbonyl (C=O) groups is 2. The van der Waals surface area contributed by atoms with Crippen LogP contribution in [0.25, 0.3) is 0 Å². The van der Waals surface area contributed by atoms with Crippen molar-refractivity contribution in [2.24, 2.45) is 0 Å². The number of nitrogens with zero attached hydrogens (tertiary/aromatic N) is 3. The molecule has 0 bridgehead atoms. The summed E-state index contributed by atoms with van der Waals surface area (Å²) >= 11 is 1.50. The fourth-order valence-electron chi connectivity index (χ4n) is 2.72. The van der Waals surface area contributed by atoms with Gasteiger partial charge in [-0.2, -0.15) is 10.3 Å². The fraction of sp³-hybridized carbons (Fsp3) is 0.375. The lowest BCUT2D eigenvalue weighted by atomic mass is 10.2. The van der Waals surface area contributed by atoms with Crippen LogP contribution in [0.15, 0.2) is 35.5 Å². The number of benzene rings is 1. The van der Waals surface area contributed by atoms with Crippen molar-refractivity contribution in [3.63, 3.8) is 0 Å². The fourth-order valence-corrected chi connectivity index (χ4v) is 3.36. The Bertz CT molecular complexity index is 736. The molecule has 8 nitrogen and oxygen atoms in total. The minimum absolute atomic E-state index is 0.124. The number of aromatic amines is 1. The smallest absolute Gasteiger partial charge is 0.319 e. The number of amides is 3. The van der Waals surface area contributed by atoms with Crippen molar-refractivity contribution in [2.75, 3.05) is 22.5 Å². The van der Waals surface area contributed by atoms with Crippen molar-refractivity contribution in [3.8, 4) is 0 Å². The Morgan fingerprint density at radius 2 is 2.36 bits per heavy atom. The van der Waals surface area contributed by atoms with Crippen LogP contribution in [0, 0.1) is 0 Å². The van der Waals surface area contributed by atoms with Crippen LogP contribution in [0.5, 0.6) is 0 Å². The molecule has 0 saturated carbocycles. The number of aromatic nitrogens is 3. The van der Waals surface area contributed by atoms with E-state index in [-0.39, 0.29) is 18.0 Å². The van der Waals surface area contributed by atoms with Crippen LogP contribution >= 0.6 is 11.8 Å².